The molecular weight excluding hydrogens is 328 g/mol. The van der Waals surface area contributed by atoms with Crippen LogP contribution in [0.25, 0.3) is 0 Å². The Hall–Kier alpha value is -1.52. The molecule has 1 aliphatic rings. The smallest absolute Gasteiger partial charge is 0.163 e. The molecule has 0 radical (unpaired) electrons. The monoisotopic (exact) mass is 362 g/mol. The molecule has 0 bridgehead atoms. The van der Waals surface area contributed by atoms with Crippen LogP contribution in [0.3, 0.4) is 0 Å². The summed E-state index contributed by atoms with van der Waals surface area (Å²) in [6.45, 7) is 1.69. The SMILES string of the molecule is CCCCCCC=C[C@H]1C=CC(=O)[C@@H]1CC=CCCCC(=O)C(O)CO. The number of hydrogen-bond donors (Lipinski definition) is 2. The van der Waals surface area contributed by atoms with Gasteiger partial charge in [0, 0.05) is 18.3 Å². The number of aliphatic hydroxyl groups is 2. The molecule has 1 rings (SSSR count). The number of carbonyl (C=O) groups excluding carboxylic acids is 2. The molecule has 0 aliphatic heterocycles. The van der Waals surface area contributed by atoms with E-state index in [0.29, 0.717) is 12.8 Å². The molecule has 0 fully saturated rings. The van der Waals surface area contributed by atoms with E-state index in [9.17, 15) is 14.7 Å². The van der Waals surface area contributed by atoms with Crippen LogP contribution in [0.4, 0.5) is 0 Å². The number of hydrogen-bond acceptors (Lipinski definition) is 4. The van der Waals surface area contributed by atoms with Crippen LogP contribution < -0.4 is 0 Å². The van der Waals surface area contributed by atoms with Crippen molar-refractivity contribution in [3.8, 4) is 0 Å². The van der Waals surface area contributed by atoms with Gasteiger partial charge in [-0.1, -0.05) is 56.6 Å². The minimum absolute atomic E-state index is 0.00372. The molecule has 0 aromatic carbocycles. The van der Waals surface area contributed by atoms with Crippen molar-refractivity contribution in [1.29, 1.82) is 0 Å². The van der Waals surface area contributed by atoms with Crippen molar-refractivity contribution in [2.45, 2.75) is 70.8 Å². The van der Waals surface area contributed by atoms with E-state index >= 15 is 0 Å². The van der Waals surface area contributed by atoms with Gasteiger partial charge in [-0.05, 0) is 38.2 Å². The summed E-state index contributed by atoms with van der Waals surface area (Å²) in [5.74, 6) is 0.0623. The summed E-state index contributed by atoms with van der Waals surface area (Å²) in [5, 5.41) is 17.9. The molecule has 0 spiro atoms. The predicted octanol–water partition coefficient (Wildman–Crippen LogP) is 3.92. The molecule has 0 heterocycles. The summed E-state index contributed by atoms with van der Waals surface area (Å²) >= 11 is 0. The highest BCUT2D eigenvalue weighted by Crippen LogP contribution is 2.27. The zero-order chi connectivity index (χ0) is 19.2. The number of unbranched alkanes of at least 4 members (excludes halogenated alkanes) is 5. The number of allylic oxidation sites excluding steroid dienone is 6. The molecular formula is C22H34O4. The molecule has 1 aliphatic carbocycles. The minimum Gasteiger partial charge on any atom is -0.393 e. The van der Waals surface area contributed by atoms with Crippen molar-refractivity contribution >= 4 is 11.6 Å². The molecule has 2 N–H and O–H groups in total. The van der Waals surface area contributed by atoms with Crippen LogP contribution >= 0.6 is 0 Å². The molecule has 146 valence electrons. The first-order valence-corrected chi connectivity index (χ1v) is 9.95. The third-order valence-corrected chi connectivity index (χ3v) is 4.79. The highest BCUT2D eigenvalue weighted by molar-refractivity contribution is 5.95. The van der Waals surface area contributed by atoms with Crippen LogP contribution in [0.15, 0.2) is 36.5 Å². The Morgan fingerprint density at radius 1 is 1.15 bits per heavy atom. The van der Waals surface area contributed by atoms with Gasteiger partial charge in [-0.2, -0.15) is 0 Å². The summed E-state index contributed by atoms with van der Waals surface area (Å²) in [6.07, 6.45) is 19.3. The van der Waals surface area contributed by atoms with Gasteiger partial charge in [0.15, 0.2) is 11.6 Å². The quantitative estimate of drug-likeness (QED) is 0.363. The van der Waals surface area contributed by atoms with Crippen LogP contribution in [-0.2, 0) is 9.59 Å². The Bertz CT molecular complexity index is 504. The molecule has 3 atom stereocenters. The third-order valence-electron chi connectivity index (χ3n) is 4.79. The first-order chi connectivity index (χ1) is 12.6. The fourth-order valence-electron chi connectivity index (χ4n) is 3.09. The summed E-state index contributed by atoms with van der Waals surface area (Å²) in [5.41, 5.74) is 0. The second-order valence-corrected chi connectivity index (χ2v) is 6.99. The van der Waals surface area contributed by atoms with Gasteiger partial charge in [-0.25, -0.2) is 0 Å². The number of Topliss-reactive ketones (excluding diaryl/α,β-unsaturated/α-hetero) is 1. The van der Waals surface area contributed by atoms with Crippen molar-refractivity contribution < 1.29 is 19.8 Å². The molecule has 4 nitrogen and oxygen atoms in total. The van der Waals surface area contributed by atoms with E-state index in [1.54, 1.807) is 6.08 Å². The van der Waals surface area contributed by atoms with Gasteiger partial charge in [-0.3, -0.25) is 9.59 Å². The van der Waals surface area contributed by atoms with Crippen molar-refractivity contribution in [3.63, 3.8) is 0 Å². The van der Waals surface area contributed by atoms with E-state index in [1.807, 2.05) is 18.2 Å². The lowest BCUT2D eigenvalue weighted by Crippen LogP contribution is -2.23. The average molecular weight is 363 g/mol. The topological polar surface area (TPSA) is 74.6 Å². The average Bonchev–Trinajstić information content (AvgIpc) is 2.99. The standard InChI is InChI=1S/C22H34O4/c1-2-3-4-5-6-9-12-18-15-16-20(24)19(18)13-10-7-8-11-14-21(25)22(26)17-23/h7,9-10,12,15-16,18-19,22-23,26H,2-6,8,11,13-14,17H2,1H3/t18-,19+,22?/m0/s1. The predicted molar refractivity (Wildman–Crippen MR) is 105 cm³/mol. The molecule has 0 aromatic rings. The minimum atomic E-state index is -1.25. The Kier molecular flexibility index (Phi) is 11.8. The zero-order valence-corrected chi connectivity index (χ0v) is 16.0. The second kappa shape index (κ2) is 13.7. The summed E-state index contributed by atoms with van der Waals surface area (Å²) in [4.78, 5) is 23.4. The van der Waals surface area contributed by atoms with Gasteiger partial charge < -0.3 is 10.2 Å². The maximum Gasteiger partial charge on any atom is 0.163 e. The van der Waals surface area contributed by atoms with Gasteiger partial charge in [0.1, 0.15) is 6.10 Å². The van der Waals surface area contributed by atoms with E-state index in [1.165, 1.54) is 25.7 Å². The van der Waals surface area contributed by atoms with Crippen LogP contribution in [0.1, 0.15) is 64.7 Å². The zero-order valence-electron chi connectivity index (χ0n) is 16.0. The molecule has 0 saturated carbocycles. The van der Waals surface area contributed by atoms with Crippen LogP contribution in [0, 0.1) is 11.8 Å². The molecule has 0 aromatic heterocycles. The van der Waals surface area contributed by atoms with Crippen molar-refractivity contribution in [2.75, 3.05) is 6.61 Å². The Morgan fingerprint density at radius 3 is 2.65 bits per heavy atom. The lowest BCUT2D eigenvalue weighted by molar-refractivity contribution is -0.129. The number of rotatable bonds is 14. The first kappa shape index (κ1) is 22.5. The maximum atomic E-state index is 12.0. The molecule has 0 saturated heterocycles. The third kappa shape index (κ3) is 8.72. The van der Waals surface area contributed by atoms with Gasteiger partial charge in [0.05, 0.1) is 6.61 Å². The van der Waals surface area contributed by atoms with Crippen LogP contribution in [-0.4, -0.2) is 34.5 Å². The van der Waals surface area contributed by atoms with Crippen LogP contribution in [0.5, 0.6) is 0 Å². The fraction of sp³-hybridized carbons (Fsp3) is 0.636. The van der Waals surface area contributed by atoms with Crippen molar-refractivity contribution in [3.05, 3.63) is 36.5 Å². The lowest BCUT2D eigenvalue weighted by atomic mass is 9.90. The highest BCUT2D eigenvalue weighted by Gasteiger charge is 2.26. The van der Waals surface area contributed by atoms with E-state index in [-0.39, 0.29) is 29.8 Å². The van der Waals surface area contributed by atoms with E-state index in [2.05, 4.69) is 19.1 Å². The van der Waals surface area contributed by atoms with Crippen LogP contribution in [0.2, 0.25) is 0 Å². The van der Waals surface area contributed by atoms with Crippen molar-refractivity contribution in [1.82, 2.24) is 0 Å². The van der Waals surface area contributed by atoms with Crippen molar-refractivity contribution in [2.24, 2.45) is 11.8 Å². The Morgan fingerprint density at radius 2 is 1.92 bits per heavy atom. The number of carbonyl (C=O) groups is 2. The van der Waals surface area contributed by atoms with E-state index in [4.69, 9.17) is 5.11 Å². The summed E-state index contributed by atoms with van der Waals surface area (Å²) in [6, 6.07) is 0. The van der Waals surface area contributed by atoms with E-state index in [0.717, 1.165) is 12.8 Å². The highest BCUT2D eigenvalue weighted by atomic mass is 16.3. The number of ketones is 2. The van der Waals surface area contributed by atoms with Gasteiger partial charge >= 0.3 is 0 Å². The van der Waals surface area contributed by atoms with E-state index < -0.39 is 12.7 Å². The lowest BCUT2D eigenvalue weighted by Gasteiger charge is -2.12. The largest absolute Gasteiger partial charge is 0.393 e. The fourth-order valence-corrected chi connectivity index (χ4v) is 3.09. The Balaban J connectivity index is 2.27. The van der Waals surface area contributed by atoms with Gasteiger partial charge in [0.25, 0.3) is 0 Å². The maximum absolute atomic E-state index is 12.0. The second-order valence-electron chi connectivity index (χ2n) is 6.99. The first-order valence-electron chi connectivity index (χ1n) is 9.95. The summed E-state index contributed by atoms with van der Waals surface area (Å²) < 4.78 is 0. The summed E-state index contributed by atoms with van der Waals surface area (Å²) in [7, 11) is 0. The normalized spacial score (nSPS) is 21.3. The molecule has 26 heavy (non-hydrogen) atoms. The van der Waals surface area contributed by atoms with Gasteiger partial charge in [-0.15, -0.1) is 0 Å². The molecule has 0 amide bonds. The van der Waals surface area contributed by atoms with Gasteiger partial charge in [0.2, 0.25) is 0 Å². The Labute approximate surface area is 157 Å². The molecule has 1 unspecified atom stereocenters. The number of aliphatic hydroxyl groups excluding tert-OH is 2. The molecule has 4 heteroatoms.